The van der Waals surface area contributed by atoms with Crippen LogP contribution in [0, 0.1) is 0 Å². The van der Waals surface area contributed by atoms with Crippen LogP contribution < -0.4 is 0 Å². The molecule has 82 valence electrons. The Kier molecular flexibility index (Phi) is 7.90. The van der Waals surface area contributed by atoms with Crippen LogP contribution in [0.15, 0.2) is 0 Å². The van der Waals surface area contributed by atoms with Gasteiger partial charge in [-0.1, -0.05) is 26.2 Å². The van der Waals surface area contributed by atoms with E-state index in [-0.39, 0.29) is 5.88 Å². The SMILES string of the molecule is CCCCCCN(C(=O)Cl)C(=O)CCl. The van der Waals surface area contributed by atoms with Crippen LogP contribution in [0.3, 0.4) is 0 Å². The first-order valence-electron chi connectivity index (χ1n) is 4.69. The molecule has 0 radical (unpaired) electrons. The standard InChI is InChI=1S/C9H15Cl2NO2/c1-2-3-4-5-6-12(9(11)14)8(13)7-10/h2-7H2,1H3. The second-order valence-corrected chi connectivity index (χ2v) is 3.58. The third kappa shape index (κ3) is 5.45. The average molecular weight is 240 g/mol. The van der Waals surface area contributed by atoms with Crippen molar-refractivity contribution in [2.75, 3.05) is 12.4 Å². The topological polar surface area (TPSA) is 37.4 Å². The number of carbonyl (C=O) groups is 2. The normalized spacial score (nSPS) is 9.93. The van der Waals surface area contributed by atoms with Crippen LogP contribution in [0.25, 0.3) is 0 Å². The molecule has 3 nitrogen and oxygen atoms in total. The zero-order chi connectivity index (χ0) is 11.0. The molecule has 0 rings (SSSR count). The summed E-state index contributed by atoms with van der Waals surface area (Å²) >= 11 is 10.6. The van der Waals surface area contributed by atoms with E-state index >= 15 is 0 Å². The van der Waals surface area contributed by atoms with E-state index in [2.05, 4.69) is 6.92 Å². The average Bonchev–Trinajstić information content (AvgIpc) is 2.16. The van der Waals surface area contributed by atoms with Gasteiger partial charge in [0.25, 0.3) is 0 Å². The lowest BCUT2D eigenvalue weighted by Crippen LogP contribution is -2.34. The number of unbranched alkanes of at least 4 members (excludes halogenated alkanes) is 3. The lowest BCUT2D eigenvalue weighted by atomic mass is 10.2. The molecule has 0 spiro atoms. The first-order valence-corrected chi connectivity index (χ1v) is 5.60. The van der Waals surface area contributed by atoms with E-state index in [1.165, 1.54) is 0 Å². The Morgan fingerprint density at radius 2 is 1.86 bits per heavy atom. The monoisotopic (exact) mass is 239 g/mol. The van der Waals surface area contributed by atoms with Gasteiger partial charge in [-0.15, -0.1) is 11.6 Å². The lowest BCUT2D eigenvalue weighted by molar-refractivity contribution is -0.125. The van der Waals surface area contributed by atoms with Crippen LogP contribution in [0.5, 0.6) is 0 Å². The molecule has 0 unspecified atom stereocenters. The minimum Gasteiger partial charge on any atom is -0.273 e. The number of carbonyl (C=O) groups excluding carboxylic acids is 2. The minimum atomic E-state index is -0.743. The second kappa shape index (κ2) is 8.06. The second-order valence-electron chi connectivity index (χ2n) is 2.99. The van der Waals surface area contributed by atoms with Crippen molar-refractivity contribution >= 4 is 34.5 Å². The molecule has 0 aliphatic carbocycles. The van der Waals surface area contributed by atoms with Gasteiger partial charge in [-0.2, -0.15) is 0 Å². The Morgan fingerprint density at radius 3 is 2.29 bits per heavy atom. The third-order valence-corrected chi connectivity index (χ3v) is 2.30. The van der Waals surface area contributed by atoms with E-state index < -0.39 is 11.3 Å². The maximum Gasteiger partial charge on any atom is 0.323 e. The Labute approximate surface area is 94.3 Å². The van der Waals surface area contributed by atoms with Gasteiger partial charge in [-0.25, -0.2) is 0 Å². The van der Waals surface area contributed by atoms with Gasteiger partial charge in [-0.3, -0.25) is 14.5 Å². The Balaban J connectivity index is 3.86. The molecular weight excluding hydrogens is 225 g/mol. The molecule has 0 aromatic heterocycles. The van der Waals surface area contributed by atoms with Crippen LogP contribution in [0.2, 0.25) is 0 Å². The summed E-state index contributed by atoms with van der Waals surface area (Å²) in [4.78, 5) is 22.9. The molecule has 0 atom stereocenters. The summed E-state index contributed by atoms with van der Waals surface area (Å²) in [6.45, 7) is 2.46. The van der Waals surface area contributed by atoms with Crippen molar-refractivity contribution in [2.45, 2.75) is 32.6 Å². The van der Waals surface area contributed by atoms with Gasteiger partial charge in [0.05, 0.1) is 0 Å². The molecule has 0 fully saturated rings. The van der Waals surface area contributed by atoms with Crippen molar-refractivity contribution in [3.8, 4) is 0 Å². The van der Waals surface area contributed by atoms with Crippen LogP contribution >= 0.6 is 23.2 Å². The van der Waals surface area contributed by atoms with Crippen LogP contribution in [0.4, 0.5) is 4.79 Å². The highest BCUT2D eigenvalue weighted by molar-refractivity contribution is 6.64. The maximum absolute atomic E-state index is 11.1. The number of rotatable bonds is 6. The van der Waals surface area contributed by atoms with Crippen LogP contribution in [-0.2, 0) is 4.79 Å². The fourth-order valence-corrected chi connectivity index (χ4v) is 1.40. The van der Waals surface area contributed by atoms with Gasteiger partial charge >= 0.3 is 5.37 Å². The van der Waals surface area contributed by atoms with Crippen molar-refractivity contribution in [2.24, 2.45) is 0 Å². The Morgan fingerprint density at radius 1 is 1.21 bits per heavy atom. The number of nitrogens with zero attached hydrogens (tertiary/aromatic N) is 1. The molecule has 0 N–H and O–H groups in total. The summed E-state index contributed by atoms with van der Waals surface area (Å²) in [6.07, 6.45) is 3.99. The highest BCUT2D eigenvalue weighted by Crippen LogP contribution is 2.05. The molecular formula is C9H15Cl2NO2. The molecule has 0 aromatic carbocycles. The van der Waals surface area contributed by atoms with Gasteiger partial charge in [0.15, 0.2) is 0 Å². The van der Waals surface area contributed by atoms with E-state index in [0.717, 1.165) is 30.6 Å². The predicted molar refractivity (Wildman–Crippen MR) is 57.8 cm³/mol. The number of alkyl halides is 1. The highest BCUT2D eigenvalue weighted by atomic mass is 35.5. The summed E-state index contributed by atoms with van der Waals surface area (Å²) in [7, 11) is 0. The Hall–Kier alpha value is -0.280. The van der Waals surface area contributed by atoms with Crippen LogP contribution in [0.1, 0.15) is 32.6 Å². The van der Waals surface area contributed by atoms with Crippen molar-refractivity contribution in [1.29, 1.82) is 0 Å². The van der Waals surface area contributed by atoms with E-state index in [1.807, 2.05) is 0 Å². The summed E-state index contributed by atoms with van der Waals surface area (Å²) in [6, 6.07) is 0. The summed E-state index contributed by atoms with van der Waals surface area (Å²) in [5.41, 5.74) is 0. The molecule has 2 amide bonds. The number of amides is 2. The van der Waals surface area contributed by atoms with E-state index in [4.69, 9.17) is 23.2 Å². The number of halogens is 2. The molecule has 0 bridgehead atoms. The zero-order valence-corrected chi connectivity index (χ0v) is 9.77. The van der Waals surface area contributed by atoms with Crippen molar-refractivity contribution in [3.63, 3.8) is 0 Å². The summed E-state index contributed by atoms with van der Waals surface area (Å²) in [5, 5.41) is -0.743. The number of hydrogen-bond donors (Lipinski definition) is 0. The fourth-order valence-electron chi connectivity index (χ4n) is 1.08. The largest absolute Gasteiger partial charge is 0.323 e. The highest BCUT2D eigenvalue weighted by Gasteiger charge is 2.17. The molecule has 0 aromatic rings. The van der Waals surface area contributed by atoms with Gasteiger partial charge in [0.2, 0.25) is 5.91 Å². The molecule has 5 heteroatoms. The summed E-state index contributed by atoms with van der Waals surface area (Å²) in [5.74, 6) is -0.630. The molecule has 0 saturated heterocycles. The first-order chi connectivity index (χ1) is 6.63. The number of imide groups is 1. The lowest BCUT2D eigenvalue weighted by Gasteiger charge is -2.15. The van der Waals surface area contributed by atoms with Crippen molar-refractivity contribution in [1.82, 2.24) is 4.90 Å². The van der Waals surface area contributed by atoms with Crippen molar-refractivity contribution < 1.29 is 9.59 Å². The van der Waals surface area contributed by atoms with Gasteiger partial charge in [-0.05, 0) is 18.0 Å². The molecule has 0 aliphatic rings. The molecule has 14 heavy (non-hydrogen) atoms. The zero-order valence-electron chi connectivity index (χ0n) is 8.26. The summed E-state index contributed by atoms with van der Waals surface area (Å²) < 4.78 is 0. The van der Waals surface area contributed by atoms with Gasteiger partial charge < -0.3 is 0 Å². The molecule has 0 saturated carbocycles. The van der Waals surface area contributed by atoms with E-state index in [0.29, 0.717) is 6.54 Å². The van der Waals surface area contributed by atoms with E-state index in [9.17, 15) is 9.59 Å². The van der Waals surface area contributed by atoms with Crippen LogP contribution in [-0.4, -0.2) is 28.6 Å². The third-order valence-electron chi connectivity index (χ3n) is 1.86. The minimum absolute atomic E-state index is 0.202. The molecule has 0 aliphatic heterocycles. The molecule has 0 heterocycles. The predicted octanol–water partition coefficient (Wildman–Crippen LogP) is 2.99. The van der Waals surface area contributed by atoms with Crippen molar-refractivity contribution in [3.05, 3.63) is 0 Å². The Bertz CT molecular complexity index is 197. The quantitative estimate of drug-likeness (QED) is 0.310. The maximum atomic E-state index is 11.1. The van der Waals surface area contributed by atoms with Gasteiger partial charge in [0.1, 0.15) is 5.88 Å². The van der Waals surface area contributed by atoms with Gasteiger partial charge in [0, 0.05) is 6.54 Å². The number of hydrogen-bond acceptors (Lipinski definition) is 2. The first kappa shape index (κ1) is 13.7. The fraction of sp³-hybridized carbons (Fsp3) is 0.778. The smallest absolute Gasteiger partial charge is 0.273 e. The van der Waals surface area contributed by atoms with E-state index in [1.54, 1.807) is 0 Å².